The summed E-state index contributed by atoms with van der Waals surface area (Å²) in [4.78, 5) is 50.7. The average molecular weight is 644 g/mol. The molecule has 1 fully saturated rings. The predicted molar refractivity (Wildman–Crippen MR) is 169 cm³/mol. The first-order valence-corrected chi connectivity index (χ1v) is 15.5. The quantitative estimate of drug-likeness (QED) is 0.250. The van der Waals surface area contributed by atoms with E-state index >= 15 is 0 Å². The lowest BCUT2D eigenvalue weighted by molar-refractivity contribution is 0.0776. The van der Waals surface area contributed by atoms with Crippen LogP contribution in [0.25, 0.3) is 33.7 Å². The number of H-pyrrole nitrogens is 1. The number of fused-ring (bicyclic) bond motifs is 4. The molecule has 2 atom stereocenters. The van der Waals surface area contributed by atoms with E-state index in [2.05, 4.69) is 15.2 Å². The molecule has 6 heterocycles. The second-order valence-corrected chi connectivity index (χ2v) is 12.0. The Bertz CT molecular complexity index is 2400. The van der Waals surface area contributed by atoms with Crippen molar-refractivity contribution in [3.8, 4) is 28.7 Å². The first-order chi connectivity index (χ1) is 23.3. The molecule has 0 spiro atoms. The molecule has 2 aliphatic heterocycles. The maximum absolute atomic E-state index is 14.0. The fraction of sp³-hybridized carbons (Fsp3) is 0.229. The first kappa shape index (κ1) is 29.3. The van der Waals surface area contributed by atoms with Gasteiger partial charge in [-0.05, 0) is 80.1 Å². The summed E-state index contributed by atoms with van der Waals surface area (Å²) in [6.45, 7) is 2.40. The van der Waals surface area contributed by atoms with Gasteiger partial charge in [0, 0.05) is 18.3 Å². The number of amides is 1. The molecule has 1 amide bonds. The van der Waals surface area contributed by atoms with Gasteiger partial charge in [0.25, 0.3) is 11.8 Å². The van der Waals surface area contributed by atoms with E-state index in [0.29, 0.717) is 69.8 Å². The highest BCUT2D eigenvalue weighted by Gasteiger charge is 2.44. The van der Waals surface area contributed by atoms with Gasteiger partial charge in [0.05, 0.1) is 51.4 Å². The molecule has 8 rings (SSSR count). The number of halogens is 1. The van der Waals surface area contributed by atoms with Gasteiger partial charge in [0.2, 0.25) is 0 Å². The lowest BCUT2D eigenvalue weighted by atomic mass is 9.89. The summed E-state index contributed by atoms with van der Waals surface area (Å²) < 4.78 is 26.4. The SMILES string of the molecule is CC(c1ccc(C#N)cn1)n1c(=O)oc2cc(-c3c4c(nc(CCc5ccc(F)cc5)c3-c3n[nH]c(=O)o3)[C@@H]3CCCN3C4=O)ccc21. The minimum absolute atomic E-state index is 0.0288. The van der Waals surface area contributed by atoms with Gasteiger partial charge in [-0.1, -0.05) is 18.2 Å². The van der Waals surface area contributed by atoms with Gasteiger partial charge >= 0.3 is 11.5 Å². The molecular weight excluding hydrogens is 617 g/mol. The number of aryl methyl sites for hydroxylation is 2. The molecule has 0 bridgehead atoms. The molecule has 2 aromatic carbocycles. The molecule has 0 radical (unpaired) electrons. The van der Waals surface area contributed by atoms with Crippen molar-refractivity contribution in [2.24, 2.45) is 0 Å². The largest absolute Gasteiger partial charge is 0.434 e. The smallest absolute Gasteiger partial charge is 0.408 e. The van der Waals surface area contributed by atoms with Gasteiger partial charge in [-0.15, -0.1) is 5.10 Å². The van der Waals surface area contributed by atoms with E-state index in [1.807, 2.05) is 17.9 Å². The Kier molecular flexibility index (Phi) is 6.87. The fourth-order valence-electron chi connectivity index (χ4n) is 6.91. The van der Waals surface area contributed by atoms with Crippen LogP contribution in [0.2, 0.25) is 0 Å². The summed E-state index contributed by atoms with van der Waals surface area (Å²) in [5, 5.41) is 15.6. The summed E-state index contributed by atoms with van der Waals surface area (Å²) >= 11 is 0. The molecule has 0 saturated carbocycles. The molecule has 13 heteroatoms. The second kappa shape index (κ2) is 11.3. The zero-order valence-electron chi connectivity index (χ0n) is 25.6. The number of nitriles is 1. The maximum Gasteiger partial charge on any atom is 0.434 e. The van der Waals surface area contributed by atoms with Crippen LogP contribution in [-0.2, 0) is 12.8 Å². The summed E-state index contributed by atoms with van der Waals surface area (Å²) in [5.74, 6) is -1.92. The molecular formula is C35H26FN7O5. The van der Waals surface area contributed by atoms with Crippen molar-refractivity contribution in [3.05, 3.63) is 121 Å². The number of oxazole rings is 1. The van der Waals surface area contributed by atoms with Crippen LogP contribution in [0.3, 0.4) is 0 Å². The van der Waals surface area contributed by atoms with Crippen LogP contribution in [0.4, 0.5) is 4.39 Å². The zero-order valence-corrected chi connectivity index (χ0v) is 25.6. The molecule has 2 aliphatic rings. The van der Waals surface area contributed by atoms with Crippen molar-refractivity contribution in [2.75, 3.05) is 6.54 Å². The first-order valence-electron chi connectivity index (χ1n) is 15.5. The van der Waals surface area contributed by atoms with Gasteiger partial charge in [0.15, 0.2) is 5.58 Å². The van der Waals surface area contributed by atoms with E-state index < -0.39 is 17.6 Å². The number of aromatic amines is 1. The zero-order chi connectivity index (χ0) is 33.1. The summed E-state index contributed by atoms with van der Waals surface area (Å²) in [7, 11) is 0. The van der Waals surface area contributed by atoms with E-state index in [-0.39, 0.29) is 29.2 Å². The van der Waals surface area contributed by atoms with Gasteiger partial charge in [0.1, 0.15) is 11.9 Å². The number of carbonyl (C=O) groups is 1. The molecule has 1 unspecified atom stereocenters. The van der Waals surface area contributed by atoms with Crippen molar-refractivity contribution in [1.29, 1.82) is 5.26 Å². The highest BCUT2D eigenvalue weighted by Crippen LogP contribution is 2.48. The summed E-state index contributed by atoms with van der Waals surface area (Å²) in [6.07, 6.45) is 3.93. The Morgan fingerprint density at radius 2 is 1.88 bits per heavy atom. The van der Waals surface area contributed by atoms with Crippen molar-refractivity contribution in [2.45, 2.75) is 44.7 Å². The van der Waals surface area contributed by atoms with E-state index in [9.17, 15) is 18.8 Å². The Morgan fingerprint density at radius 3 is 2.60 bits per heavy atom. The number of aromatic nitrogens is 5. The molecule has 48 heavy (non-hydrogen) atoms. The topological polar surface area (TPSA) is 164 Å². The molecule has 0 aliphatic carbocycles. The minimum atomic E-state index is -0.767. The van der Waals surface area contributed by atoms with E-state index in [4.69, 9.17) is 19.1 Å². The number of nitrogens with one attached hydrogen (secondary N) is 1. The van der Waals surface area contributed by atoms with Crippen molar-refractivity contribution < 1.29 is 18.0 Å². The van der Waals surface area contributed by atoms with Crippen molar-refractivity contribution in [1.82, 2.24) is 29.6 Å². The van der Waals surface area contributed by atoms with Crippen molar-refractivity contribution in [3.63, 3.8) is 0 Å². The monoisotopic (exact) mass is 643 g/mol. The van der Waals surface area contributed by atoms with Crippen LogP contribution in [-0.4, -0.2) is 42.1 Å². The van der Waals surface area contributed by atoms with E-state index in [0.717, 1.165) is 18.4 Å². The number of rotatable bonds is 7. The normalized spacial score (nSPS) is 15.9. The second-order valence-electron chi connectivity index (χ2n) is 12.0. The molecule has 4 aromatic heterocycles. The lowest BCUT2D eigenvalue weighted by Crippen LogP contribution is -2.23. The number of benzene rings is 2. The van der Waals surface area contributed by atoms with Crippen LogP contribution in [0.15, 0.2) is 79.2 Å². The number of carbonyl (C=O) groups excluding carboxylic acids is 1. The van der Waals surface area contributed by atoms with Crippen LogP contribution < -0.4 is 11.5 Å². The van der Waals surface area contributed by atoms with Gasteiger partial charge in [-0.3, -0.25) is 19.3 Å². The number of nitrogens with zero attached hydrogens (tertiary/aromatic N) is 6. The minimum Gasteiger partial charge on any atom is -0.408 e. The third kappa shape index (κ3) is 4.72. The Balaban J connectivity index is 1.32. The lowest BCUT2D eigenvalue weighted by Gasteiger charge is -2.17. The maximum atomic E-state index is 14.0. The Hall–Kier alpha value is -6.16. The van der Waals surface area contributed by atoms with E-state index in [1.54, 1.807) is 42.5 Å². The summed E-state index contributed by atoms with van der Waals surface area (Å²) in [5.41, 5.74) is 5.62. The van der Waals surface area contributed by atoms with Crippen LogP contribution in [0.5, 0.6) is 0 Å². The number of pyridine rings is 2. The Labute approximate surface area is 271 Å². The molecule has 1 N–H and O–H groups in total. The van der Waals surface area contributed by atoms with Gasteiger partial charge in [-0.25, -0.2) is 19.1 Å². The molecule has 6 aromatic rings. The van der Waals surface area contributed by atoms with E-state index in [1.165, 1.54) is 22.9 Å². The molecule has 1 saturated heterocycles. The highest BCUT2D eigenvalue weighted by atomic mass is 19.1. The Morgan fingerprint density at radius 1 is 1.04 bits per heavy atom. The third-order valence-corrected chi connectivity index (χ3v) is 9.19. The average Bonchev–Trinajstić information content (AvgIpc) is 3.88. The fourth-order valence-corrected chi connectivity index (χ4v) is 6.91. The molecule has 238 valence electrons. The van der Waals surface area contributed by atoms with Crippen LogP contribution in [0.1, 0.15) is 70.4 Å². The number of hydrogen-bond donors (Lipinski definition) is 1. The van der Waals surface area contributed by atoms with Crippen molar-refractivity contribution >= 4 is 17.0 Å². The highest BCUT2D eigenvalue weighted by molar-refractivity contribution is 6.08. The third-order valence-electron chi connectivity index (χ3n) is 9.19. The van der Waals surface area contributed by atoms with Gasteiger partial charge in [-0.2, -0.15) is 5.26 Å². The predicted octanol–water partition coefficient (Wildman–Crippen LogP) is 5.09. The standard InChI is InChI=1S/C35H26FN7O5/c1-18(23-11-7-20(16-37)17-38-23)43-25-13-8-21(15-27(25)47-35(43)46)28-29(32-40-41-34(45)48-32)24(12-6-19-4-9-22(36)10-5-19)39-31-26-3-2-14-42(26)33(44)30(28)31/h4-5,7-11,13,15,17-18,26H,2-3,6,12,14H2,1H3,(H,41,45)/t18?,26-/m0/s1. The summed E-state index contributed by atoms with van der Waals surface area (Å²) in [6, 6.07) is 16.1. The van der Waals surface area contributed by atoms with Gasteiger partial charge < -0.3 is 13.7 Å². The van der Waals surface area contributed by atoms with Crippen LogP contribution in [0, 0.1) is 17.1 Å². The molecule has 12 nitrogen and oxygen atoms in total. The number of hydrogen-bond acceptors (Lipinski definition) is 9. The van der Waals surface area contributed by atoms with Crippen LogP contribution >= 0.6 is 0 Å².